The zero-order valence-corrected chi connectivity index (χ0v) is 14.2. The van der Waals surface area contributed by atoms with Crippen LogP contribution in [0.25, 0.3) is 11.3 Å². The molecule has 7 heteroatoms. The lowest BCUT2D eigenvalue weighted by Crippen LogP contribution is -2.14. The first-order valence-electron chi connectivity index (χ1n) is 7.71. The molecule has 126 valence electrons. The maximum atomic E-state index is 13.2. The molecule has 0 atom stereocenters. The molecule has 5 nitrogen and oxygen atoms in total. The van der Waals surface area contributed by atoms with Crippen molar-refractivity contribution in [3.8, 4) is 0 Å². The number of fused-ring (bicyclic) bond motifs is 1. The van der Waals surface area contributed by atoms with Gasteiger partial charge in [-0.2, -0.15) is 0 Å². The fraction of sp³-hybridized carbons (Fsp3) is 0.167. The topological polar surface area (TPSA) is 52.8 Å². The number of hydrogen-bond donors (Lipinski definition) is 0. The number of alkyl halides is 1. The lowest BCUT2D eigenvalue weighted by Gasteiger charge is -2.23. The molecule has 2 aromatic heterocycles. The monoisotopic (exact) mass is 356 g/mol. The van der Waals surface area contributed by atoms with Crippen LogP contribution < -0.4 is 0 Å². The van der Waals surface area contributed by atoms with Gasteiger partial charge in [0.05, 0.1) is 11.3 Å². The van der Waals surface area contributed by atoms with Crippen molar-refractivity contribution in [1.82, 2.24) is 19.7 Å². The molecule has 0 bridgehead atoms. The van der Waals surface area contributed by atoms with E-state index >= 15 is 0 Å². The van der Waals surface area contributed by atoms with Crippen LogP contribution in [0.1, 0.15) is 28.3 Å². The fourth-order valence-electron chi connectivity index (χ4n) is 2.89. The Morgan fingerprint density at radius 3 is 2.76 bits per heavy atom. The van der Waals surface area contributed by atoms with E-state index in [2.05, 4.69) is 15.2 Å². The van der Waals surface area contributed by atoms with Gasteiger partial charge in [0, 0.05) is 16.3 Å². The van der Waals surface area contributed by atoms with Gasteiger partial charge in [-0.25, -0.2) is 4.39 Å². The highest BCUT2D eigenvalue weighted by Crippen LogP contribution is 2.36. The Hall–Kier alpha value is -2.73. The van der Waals surface area contributed by atoms with E-state index in [1.165, 1.54) is 0 Å². The highest BCUT2D eigenvalue weighted by atomic mass is 35.5. The average Bonchev–Trinajstić information content (AvgIpc) is 3.09. The molecule has 0 radical (unpaired) electrons. The van der Waals surface area contributed by atoms with Gasteiger partial charge < -0.3 is 4.74 Å². The third-order valence-electron chi connectivity index (χ3n) is 3.95. The molecule has 1 aromatic carbocycles. The van der Waals surface area contributed by atoms with Gasteiger partial charge in [-0.3, -0.25) is 9.55 Å². The number of ether oxygens (including phenoxy) is 1. The summed E-state index contributed by atoms with van der Waals surface area (Å²) < 4.78 is 21.0. The molecule has 0 unspecified atom stereocenters. The number of halogens is 2. The van der Waals surface area contributed by atoms with E-state index in [9.17, 15) is 4.39 Å². The molecule has 0 amide bonds. The largest absolute Gasteiger partial charge is 0.471 e. The second-order valence-corrected chi connectivity index (χ2v) is 6.17. The van der Waals surface area contributed by atoms with Crippen LogP contribution in [0.5, 0.6) is 0 Å². The number of pyridine rings is 1. The summed E-state index contributed by atoms with van der Waals surface area (Å²) >= 11 is 5.99. The molecule has 0 saturated carbocycles. The standard InChI is InChI=1S/C18H14ClFN4O/c1-11-6-13(7-15(8-20)22-11)16-17(12-2-4-14(19)5-3-12)25-10-24-9-21-23-18(16)24/h2-7,9H,8,10H2,1H3. The van der Waals surface area contributed by atoms with Crippen LogP contribution in [0, 0.1) is 6.92 Å². The van der Waals surface area contributed by atoms with Crippen LogP contribution in [0.4, 0.5) is 4.39 Å². The Morgan fingerprint density at radius 1 is 1.20 bits per heavy atom. The first-order chi connectivity index (χ1) is 12.2. The number of benzene rings is 1. The molecule has 3 aromatic rings. The van der Waals surface area contributed by atoms with Gasteiger partial charge in [-0.05, 0) is 48.9 Å². The van der Waals surface area contributed by atoms with Crippen molar-refractivity contribution in [1.29, 1.82) is 0 Å². The van der Waals surface area contributed by atoms with Crippen LogP contribution >= 0.6 is 11.6 Å². The summed E-state index contributed by atoms with van der Waals surface area (Å²) in [5.74, 6) is 1.33. The van der Waals surface area contributed by atoms with Gasteiger partial charge in [0.2, 0.25) is 0 Å². The minimum absolute atomic E-state index is 0.309. The number of nitrogens with zero attached hydrogens (tertiary/aromatic N) is 4. The zero-order chi connectivity index (χ0) is 17.4. The second-order valence-electron chi connectivity index (χ2n) is 5.73. The quantitative estimate of drug-likeness (QED) is 0.711. The predicted molar refractivity (Wildman–Crippen MR) is 92.3 cm³/mol. The molecule has 0 aliphatic carbocycles. The zero-order valence-electron chi connectivity index (χ0n) is 13.4. The van der Waals surface area contributed by atoms with E-state index < -0.39 is 6.67 Å². The van der Waals surface area contributed by atoms with Crippen molar-refractivity contribution in [2.24, 2.45) is 0 Å². The maximum absolute atomic E-state index is 13.2. The Kier molecular flexibility index (Phi) is 3.97. The van der Waals surface area contributed by atoms with Gasteiger partial charge >= 0.3 is 0 Å². The SMILES string of the molecule is Cc1cc(C2=C(c3ccc(Cl)cc3)OCn3cnnc32)cc(CF)n1. The highest BCUT2D eigenvalue weighted by Gasteiger charge is 2.25. The highest BCUT2D eigenvalue weighted by molar-refractivity contribution is 6.30. The smallest absolute Gasteiger partial charge is 0.170 e. The molecule has 1 aliphatic heterocycles. The van der Waals surface area contributed by atoms with Crippen molar-refractivity contribution < 1.29 is 9.13 Å². The van der Waals surface area contributed by atoms with Crippen molar-refractivity contribution >= 4 is 22.9 Å². The molecule has 0 spiro atoms. The van der Waals surface area contributed by atoms with Gasteiger partial charge in [0.1, 0.15) is 18.8 Å². The summed E-state index contributed by atoms with van der Waals surface area (Å²) in [6.45, 7) is 1.51. The molecule has 25 heavy (non-hydrogen) atoms. The Bertz CT molecular complexity index is 965. The summed E-state index contributed by atoms with van der Waals surface area (Å²) in [6, 6.07) is 11.0. The lowest BCUT2D eigenvalue weighted by atomic mass is 9.98. The van der Waals surface area contributed by atoms with Gasteiger partial charge in [0.15, 0.2) is 12.6 Å². The molecule has 0 saturated heterocycles. The van der Waals surface area contributed by atoms with E-state index in [4.69, 9.17) is 16.3 Å². The minimum atomic E-state index is -0.633. The van der Waals surface area contributed by atoms with E-state index in [1.54, 1.807) is 29.1 Å². The third-order valence-corrected chi connectivity index (χ3v) is 4.20. The molecule has 0 fully saturated rings. The summed E-state index contributed by atoms with van der Waals surface area (Å²) in [5, 5.41) is 8.85. The van der Waals surface area contributed by atoms with Crippen LogP contribution in [-0.2, 0) is 18.1 Å². The van der Waals surface area contributed by atoms with Crippen molar-refractivity contribution in [3.63, 3.8) is 0 Å². The Labute approximate surface area is 148 Å². The molecule has 4 rings (SSSR count). The summed E-state index contributed by atoms with van der Waals surface area (Å²) in [4.78, 5) is 4.20. The molecule has 3 heterocycles. The van der Waals surface area contributed by atoms with Gasteiger partial charge in [-0.15, -0.1) is 10.2 Å². The molecule has 1 aliphatic rings. The number of aryl methyl sites for hydroxylation is 1. The summed E-state index contributed by atoms with van der Waals surface area (Å²) in [5.41, 5.74) is 3.51. The lowest BCUT2D eigenvalue weighted by molar-refractivity contribution is 0.191. The van der Waals surface area contributed by atoms with Gasteiger partial charge in [-0.1, -0.05) is 11.6 Å². The Morgan fingerprint density at radius 2 is 2.00 bits per heavy atom. The van der Waals surface area contributed by atoms with Crippen LogP contribution in [-0.4, -0.2) is 19.7 Å². The Balaban J connectivity index is 1.97. The van der Waals surface area contributed by atoms with E-state index in [1.807, 2.05) is 25.1 Å². The normalized spacial score (nSPS) is 13.6. The van der Waals surface area contributed by atoms with Crippen molar-refractivity contribution in [2.45, 2.75) is 20.3 Å². The van der Waals surface area contributed by atoms with Crippen molar-refractivity contribution in [2.75, 3.05) is 0 Å². The van der Waals surface area contributed by atoms with Crippen LogP contribution in [0.3, 0.4) is 0 Å². The summed E-state index contributed by atoms with van der Waals surface area (Å²) in [6.07, 6.45) is 1.61. The summed E-state index contributed by atoms with van der Waals surface area (Å²) in [7, 11) is 0. The van der Waals surface area contributed by atoms with E-state index in [0.717, 1.165) is 22.4 Å². The third kappa shape index (κ3) is 2.89. The molecular weight excluding hydrogens is 343 g/mol. The van der Waals surface area contributed by atoms with Crippen molar-refractivity contribution in [3.05, 3.63) is 76.1 Å². The molecular formula is C18H14ClFN4O. The fourth-order valence-corrected chi connectivity index (χ4v) is 3.02. The minimum Gasteiger partial charge on any atom is -0.471 e. The first kappa shape index (κ1) is 15.8. The predicted octanol–water partition coefficient (Wildman–Crippen LogP) is 4.01. The second kappa shape index (κ2) is 6.29. The van der Waals surface area contributed by atoms with E-state index in [0.29, 0.717) is 29.0 Å². The van der Waals surface area contributed by atoms with Crippen LogP contribution in [0.15, 0.2) is 42.7 Å². The first-order valence-corrected chi connectivity index (χ1v) is 8.08. The molecule has 0 N–H and O–H groups in total. The average molecular weight is 357 g/mol. The number of hydrogen-bond acceptors (Lipinski definition) is 4. The van der Waals surface area contributed by atoms with Crippen LogP contribution in [0.2, 0.25) is 5.02 Å². The maximum Gasteiger partial charge on any atom is 0.170 e. The number of aromatic nitrogens is 4. The number of rotatable bonds is 3. The van der Waals surface area contributed by atoms with E-state index in [-0.39, 0.29) is 0 Å². The van der Waals surface area contributed by atoms with Gasteiger partial charge in [0.25, 0.3) is 0 Å².